The smallest absolute Gasteiger partial charge is 0.387 e. The lowest BCUT2D eigenvalue weighted by molar-refractivity contribution is -0.130. The minimum atomic E-state index is -3.34. The van der Waals surface area contributed by atoms with E-state index in [0.29, 0.717) is 5.56 Å². The van der Waals surface area contributed by atoms with E-state index in [9.17, 15) is 26.8 Å². The highest BCUT2D eigenvalue weighted by Crippen LogP contribution is 2.30. The monoisotopic (exact) mass is 362 g/mol. The van der Waals surface area contributed by atoms with E-state index in [1.165, 1.54) is 31.2 Å². The number of rotatable bonds is 6. The third-order valence-electron chi connectivity index (χ3n) is 3.62. The third kappa shape index (κ3) is 3.81. The van der Waals surface area contributed by atoms with Gasteiger partial charge in [0.05, 0.1) is 5.75 Å². The quantitative estimate of drug-likeness (QED) is 0.765. The summed E-state index contributed by atoms with van der Waals surface area (Å²) in [5.41, 5.74) is -1.04. The van der Waals surface area contributed by atoms with Gasteiger partial charge in [-0.2, -0.15) is 8.78 Å². The second-order valence-electron chi connectivity index (χ2n) is 5.54. The first kappa shape index (κ1) is 18.1. The molecule has 7 nitrogen and oxygen atoms in total. The van der Waals surface area contributed by atoms with Gasteiger partial charge in [-0.1, -0.05) is 12.1 Å². The van der Waals surface area contributed by atoms with Crippen molar-refractivity contribution in [3.8, 4) is 5.75 Å². The van der Waals surface area contributed by atoms with Gasteiger partial charge in [-0.3, -0.25) is 9.69 Å². The van der Waals surface area contributed by atoms with E-state index in [4.69, 9.17) is 0 Å². The van der Waals surface area contributed by atoms with Gasteiger partial charge in [0.1, 0.15) is 21.1 Å². The Morgan fingerprint density at radius 3 is 2.33 bits per heavy atom. The molecule has 0 bridgehead atoms. The topological polar surface area (TPSA) is 92.8 Å². The molecule has 2 rings (SSSR count). The molecule has 1 fully saturated rings. The Hall–Kier alpha value is -2.23. The number of hydrogen-bond acceptors (Lipinski definition) is 5. The van der Waals surface area contributed by atoms with Crippen molar-refractivity contribution in [2.75, 3.05) is 18.6 Å². The van der Waals surface area contributed by atoms with E-state index >= 15 is 0 Å². The lowest BCUT2D eigenvalue weighted by Crippen LogP contribution is -2.41. The zero-order chi connectivity index (χ0) is 18.1. The van der Waals surface area contributed by atoms with Crippen LogP contribution in [-0.2, 0) is 20.2 Å². The van der Waals surface area contributed by atoms with Crippen LogP contribution in [0.2, 0.25) is 0 Å². The molecule has 0 radical (unpaired) electrons. The average molecular weight is 362 g/mol. The lowest BCUT2D eigenvalue weighted by Gasteiger charge is -2.22. The Bertz CT molecular complexity index is 751. The second kappa shape index (κ2) is 6.34. The molecule has 0 aliphatic carbocycles. The molecule has 1 N–H and O–H groups in total. The van der Waals surface area contributed by atoms with Crippen molar-refractivity contribution in [1.82, 2.24) is 10.2 Å². The predicted molar refractivity (Wildman–Crippen MR) is 80.4 cm³/mol. The number of nitrogens with zero attached hydrogens (tertiary/aromatic N) is 1. The van der Waals surface area contributed by atoms with Crippen molar-refractivity contribution in [1.29, 1.82) is 0 Å². The van der Waals surface area contributed by atoms with Crippen LogP contribution in [-0.4, -0.2) is 50.4 Å². The SMILES string of the molecule is CC1(c2ccc(OC(F)F)cc2)NC(=O)N(CCS(C)(=O)=O)C1=O. The molecule has 1 unspecified atom stereocenters. The fraction of sp³-hybridized carbons (Fsp3) is 0.429. The summed E-state index contributed by atoms with van der Waals surface area (Å²) < 4.78 is 51.0. The van der Waals surface area contributed by atoms with Gasteiger partial charge in [-0.25, -0.2) is 13.2 Å². The maximum atomic E-state index is 12.5. The van der Waals surface area contributed by atoms with Gasteiger partial charge in [0, 0.05) is 12.8 Å². The van der Waals surface area contributed by atoms with Gasteiger partial charge in [-0.15, -0.1) is 0 Å². The highest BCUT2D eigenvalue weighted by atomic mass is 32.2. The molecule has 132 valence electrons. The van der Waals surface area contributed by atoms with Crippen molar-refractivity contribution >= 4 is 21.8 Å². The normalized spacial score (nSPS) is 21.3. The first-order valence-corrected chi connectivity index (χ1v) is 8.96. The van der Waals surface area contributed by atoms with Gasteiger partial charge >= 0.3 is 12.6 Å². The highest BCUT2D eigenvalue weighted by Gasteiger charge is 2.48. The number of urea groups is 1. The van der Waals surface area contributed by atoms with Crippen molar-refractivity contribution in [3.05, 3.63) is 29.8 Å². The van der Waals surface area contributed by atoms with E-state index in [2.05, 4.69) is 10.1 Å². The standard InChI is InChI=1S/C14H16F2N2O5S/c1-14(9-3-5-10(6-4-9)23-12(15)16)11(19)18(13(20)17-14)7-8-24(2,21)22/h3-6,12H,7-8H2,1-2H3,(H,17,20). The molecule has 0 saturated carbocycles. The second-order valence-corrected chi connectivity index (χ2v) is 7.80. The first-order chi connectivity index (χ1) is 11.0. The Morgan fingerprint density at radius 1 is 1.25 bits per heavy atom. The summed E-state index contributed by atoms with van der Waals surface area (Å²) in [5, 5.41) is 2.50. The summed E-state index contributed by atoms with van der Waals surface area (Å²) in [6, 6.07) is 4.57. The van der Waals surface area contributed by atoms with E-state index in [0.717, 1.165) is 11.2 Å². The number of amides is 3. The number of sulfone groups is 1. The fourth-order valence-corrected chi connectivity index (χ4v) is 2.84. The molecule has 1 aliphatic heterocycles. The molecule has 1 aromatic carbocycles. The summed E-state index contributed by atoms with van der Waals surface area (Å²) in [4.78, 5) is 25.3. The van der Waals surface area contributed by atoms with Crippen LogP contribution in [0.4, 0.5) is 13.6 Å². The fourth-order valence-electron chi connectivity index (χ4n) is 2.32. The third-order valence-corrected chi connectivity index (χ3v) is 4.54. The summed E-state index contributed by atoms with van der Waals surface area (Å²) in [6.45, 7) is -1.77. The molecule has 1 saturated heterocycles. The number of nitrogens with one attached hydrogen (secondary N) is 1. The maximum absolute atomic E-state index is 12.5. The van der Waals surface area contributed by atoms with Crippen LogP contribution in [0.25, 0.3) is 0 Å². The number of halogens is 2. The van der Waals surface area contributed by atoms with Gasteiger partial charge in [0.2, 0.25) is 0 Å². The largest absolute Gasteiger partial charge is 0.435 e. The highest BCUT2D eigenvalue weighted by molar-refractivity contribution is 7.90. The van der Waals surface area contributed by atoms with Crippen LogP contribution >= 0.6 is 0 Å². The molecule has 1 heterocycles. The minimum absolute atomic E-state index is 0.0805. The zero-order valence-corrected chi connectivity index (χ0v) is 13.8. The predicted octanol–water partition coefficient (Wildman–Crippen LogP) is 1.10. The summed E-state index contributed by atoms with van der Waals surface area (Å²) >= 11 is 0. The number of imide groups is 1. The number of carbonyl (C=O) groups excluding carboxylic acids is 2. The molecular weight excluding hydrogens is 346 g/mol. The lowest BCUT2D eigenvalue weighted by atomic mass is 9.92. The Labute approximate surface area is 137 Å². The molecule has 10 heteroatoms. The zero-order valence-electron chi connectivity index (χ0n) is 13.0. The van der Waals surface area contributed by atoms with Crippen LogP contribution in [0.5, 0.6) is 5.75 Å². The van der Waals surface area contributed by atoms with E-state index < -0.39 is 33.9 Å². The summed E-state index contributed by atoms with van der Waals surface area (Å²) in [6.07, 6.45) is 1.01. The Kier molecular flexibility index (Phi) is 4.79. The molecule has 0 aromatic heterocycles. The van der Waals surface area contributed by atoms with E-state index in [1.807, 2.05) is 0 Å². The first-order valence-electron chi connectivity index (χ1n) is 6.90. The number of hydrogen-bond donors (Lipinski definition) is 1. The molecule has 1 aromatic rings. The minimum Gasteiger partial charge on any atom is -0.435 e. The van der Waals surface area contributed by atoms with Gasteiger partial charge < -0.3 is 10.1 Å². The molecule has 0 spiro atoms. The number of carbonyl (C=O) groups is 2. The van der Waals surface area contributed by atoms with Gasteiger partial charge in [0.15, 0.2) is 0 Å². The van der Waals surface area contributed by atoms with E-state index in [-0.39, 0.29) is 18.0 Å². The average Bonchev–Trinajstić information content (AvgIpc) is 2.67. The molecule has 1 aliphatic rings. The number of alkyl halides is 2. The Balaban J connectivity index is 2.20. The molecule has 24 heavy (non-hydrogen) atoms. The van der Waals surface area contributed by atoms with Crippen molar-refractivity contribution < 1.29 is 31.5 Å². The Morgan fingerprint density at radius 2 is 1.83 bits per heavy atom. The van der Waals surface area contributed by atoms with Crippen molar-refractivity contribution in [2.45, 2.75) is 19.1 Å². The van der Waals surface area contributed by atoms with Crippen molar-refractivity contribution in [3.63, 3.8) is 0 Å². The van der Waals surface area contributed by atoms with Crippen LogP contribution in [0.1, 0.15) is 12.5 Å². The van der Waals surface area contributed by atoms with Crippen LogP contribution < -0.4 is 10.1 Å². The maximum Gasteiger partial charge on any atom is 0.387 e. The van der Waals surface area contributed by atoms with Crippen LogP contribution in [0.3, 0.4) is 0 Å². The molecular formula is C14H16F2N2O5S. The molecule has 1 atom stereocenters. The van der Waals surface area contributed by atoms with E-state index in [1.54, 1.807) is 0 Å². The molecule has 3 amide bonds. The summed E-state index contributed by atoms with van der Waals surface area (Å²) in [5.74, 6) is -1.04. The van der Waals surface area contributed by atoms with Crippen LogP contribution in [0.15, 0.2) is 24.3 Å². The van der Waals surface area contributed by atoms with Crippen LogP contribution in [0, 0.1) is 0 Å². The summed E-state index contributed by atoms with van der Waals surface area (Å²) in [7, 11) is -3.34. The van der Waals surface area contributed by atoms with Crippen molar-refractivity contribution in [2.24, 2.45) is 0 Å². The number of ether oxygens (including phenoxy) is 1. The van der Waals surface area contributed by atoms with Gasteiger partial charge in [-0.05, 0) is 24.6 Å². The number of benzene rings is 1. The van der Waals surface area contributed by atoms with Gasteiger partial charge in [0.25, 0.3) is 5.91 Å².